The molecule has 0 saturated heterocycles. The van der Waals surface area contributed by atoms with Crippen LogP contribution in [-0.2, 0) is 4.74 Å². The lowest BCUT2D eigenvalue weighted by Gasteiger charge is -2.11. The Balaban J connectivity index is 2.76. The van der Waals surface area contributed by atoms with Gasteiger partial charge in [0.2, 0.25) is 0 Å². The first-order valence-corrected chi connectivity index (χ1v) is 5.96. The van der Waals surface area contributed by atoms with E-state index >= 15 is 0 Å². The summed E-state index contributed by atoms with van der Waals surface area (Å²) in [5.41, 5.74) is 6.10. The Bertz CT molecular complexity index is 396. The molecule has 1 aromatic rings. The van der Waals surface area contributed by atoms with E-state index < -0.39 is 0 Å². The van der Waals surface area contributed by atoms with E-state index in [1.54, 1.807) is 12.1 Å². The number of oxime groups is 1. The first-order chi connectivity index (χ1) is 8.19. The summed E-state index contributed by atoms with van der Waals surface area (Å²) in [7, 11) is 0. The number of rotatable bonds is 6. The lowest BCUT2D eigenvalue weighted by atomic mass is 10.2. The minimum absolute atomic E-state index is 0.0118. The van der Waals surface area contributed by atoms with Gasteiger partial charge in [-0.15, -0.1) is 0 Å². The molecule has 0 saturated carbocycles. The average Bonchev–Trinajstić information content (AvgIpc) is 2.35. The second-order valence-corrected chi connectivity index (χ2v) is 4.09. The van der Waals surface area contributed by atoms with Crippen LogP contribution in [0, 0.1) is 0 Å². The highest BCUT2D eigenvalue weighted by molar-refractivity contribution is 9.10. The topological polar surface area (TPSA) is 77.1 Å². The molecule has 0 aliphatic rings. The van der Waals surface area contributed by atoms with Crippen molar-refractivity contribution in [3.8, 4) is 5.75 Å². The van der Waals surface area contributed by atoms with Crippen LogP contribution in [0.4, 0.5) is 0 Å². The Morgan fingerprint density at radius 1 is 1.47 bits per heavy atom. The maximum atomic E-state index is 8.68. The molecule has 0 aliphatic carbocycles. The zero-order chi connectivity index (χ0) is 12.7. The van der Waals surface area contributed by atoms with Crippen LogP contribution in [0.15, 0.2) is 27.8 Å². The first kappa shape index (κ1) is 13.8. The van der Waals surface area contributed by atoms with Crippen molar-refractivity contribution in [3.05, 3.63) is 28.2 Å². The van der Waals surface area contributed by atoms with Crippen molar-refractivity contribution in [1.29, 1.82) is 0 Å². The lowest BCUT2D eigenvalue weighted by Crippen LogP contribution is -2.16. The van der Waals surface area contributed by atoms with Gasteiger partial charge in [0.1, 0.15) is 12.4 Å². The van der Waals surface area contributed by atoms with Crippen molar-refractivity contribution in [3.63, 3.8) is 0 Å². The quantitative estimate of drug-likeness (QED) is 0.277. The van der Waals surface area contributed by atoms with Gasteiger partial charge in [-0.05, 0) is 25.1 Å². The predicted octanol–water partition coefficient (Wildman–Crippen LogP) is 1.96. The van der Waals surface area contributed by atoms with E-state index in [0.29, 0.717) is 31.1 Å². The zero-order valence-corrected chi connectivity index (χ0v) is 11.1. The highest BCUT2D eigenvalue weighted by atomic mass is 79.9. The summed E-state index contributed by atoms with van der Waals surface area (Å²) in [5.74, 6) is 0.570. The fourth-order valence-corrected chi connectivity index (χ4v) is 1.60. The maximum absolute atomic E-state index is 8.68. The van der Waals surface area contributed by atoms with Crippen molar-refractivity contribution in [2.24, 2.45) is 10.9 Å². The Kier molecular flexibility index (Phi) is 5.79. The van der Waals surface area contributed by atoms with Crippen molar-refractivity contribution in [1.82, 2.24) is 0 Å². The summed E-state index contributed by atoms with van der Waals surface area (Å²) in [6.07, 6.45) is 0. The standard InChI is InChI=1S/C11H15BrN2O3/c1-2-16-5-6-17-10-4-3-8(12)7-9(10)11(13)14-15/h3-4,7,15H,2,5-6H2,1H3,(H2,13,14). The van der Waals surface area contributed by atoms with E-state index in [0.717, 1.165) is 4.47 Å². The fourth-order valence-electron chi connectivity index (χ4n) is 1.24. The summed E-state index contributed by atoms with van der Waals surface area (Å²) < 4.78 is 11.5. The molecule has 0 atom stereocenters. The van der Waals surface area contributed by atoms with E-state index in [1.165, 1.54) is 0 Å². The molecule has 17 heavy (non-hydrogen) atoms. The molecular formula is C11H15BrN2O3. The summed E-state index contributed by atoms with van der Waals surface area (Å²) in [5, 5.41) is 11.6. The molecule has 0 radical (unpaired) electrons. The number of hydrogen-bond donors (Lipinski definition) is 2. The summed E-state index contributed by atoms with van der Waals surface area (Å²) in [6.45, 7) is 3.49. The SMILES string of the molecule is CCOCCOc1ccc(Br)cc1/C(N)=N/O. The van der Waals surface area contributed by atoms with Crippen LogP contribution >= 0.6 is 15.9 Å². The molecular weight excluding hydrogens is 288 g/mol. The molecule has 3 N–H and O–H groups in total. The minimum Gasteiger partial charge on any atom is -0.490 e. The normalized spacial score (nSPS) is 11.5. The third kappa shape index (κ3) is 4.24. The Morgan fingerprint density at radius 2 is 2.24 bits per heavy atom. The number of benzene rings is 1. The van der Waals surface area contributed by atoms with Gasteiger partial charge >= 0.3 is 0 Å². The van der Waals surface area contributed by atoms with Crippen LogP contribution in [0.3, 0.4) is 0 Å². The van der Waals surface area contributed by atoms with Crippen molar-refractivity contribution in [2.45, 2.75) is 6.92 Å². The van der Waals surface area contributed by atoms with Crippen LogP contribution in [0.5, 0.6) is 5.75 Å². The maximum Gasteiger partial charge on any atom is 0.173 e. The van der Waals surface area contributed by atoms with E-state index in [1.807, 2.05) is 13.0 Å². The number of amidine groups is 1. The van der Waals surface area contributed by atoms with E-state index in [4.69, 9.17) is 20.4 Å². The molecule has 1 rings (SSSR count). The Labute approximate surface area is 108 Å². The predicted molar refractivity (Wildman–Crippen MR) is 68.6 cm³/mol. The summed E-state index contributed by atoms with van der Waals surface area (Å²) in [4.78, 5) is 0. The molecule has 0 heterocycles. The largest absolute Gasteiger partial charge is 0.490 e. The second kappa shape index (κ2) is 7.13. The molecule has 5 nitrogen and oxygen atoms in total. The number of halogens is 1. The lowest BCUT2D eigenvalue weighted by molar-refractivity contribution is 0.110. The molecule has 0 bridgehead atoms. The number of nitrogens with two attached hydrogens (primary N) is 1. The smallest absolute Gasteiger partial charge is 0.173 e. The molecule has 6 heteroatoms. The van der Waals surface area contributed by atoms with Crippen molar-refractivity contribution >= 4 is 21.8 Å². The van der Waals surface area contributed by atoms with Crippen LogP contribution in [0.2, 0.25) is 0 Å². The number of hydrogen-bond acceptors (Lipinski definition) is 4. The average molecular weight is 303 g/mol. The van der Waals surface area contributed by atoms with Crippen LogP contribution < -0.4 is 10.5 Å². The van der Waals surface area contributed by atoms with Gasteiger partial charge in [-0.25, -0.2) is 0 Å². The van der Waals surface area contributed by atoms with Gasteiger partial charge in [-0.3, -0.25) is 0 Å². The Hall–Kier alpha value is -1.27. The molecule has 0 unspecified atom stereocenters. The van der Waals surface area contributed by atoms with Crippen molar-refractivity contribution in [2.75, 3.05) is 19.8 Å². The molecule has 0 amide bonds. The third-order valence-corrected chi connectivity index (χ3v) is 2.51. The van der Waals surface area contributed by atoms with E-state index in [2.05, 4.69) is 21.1 Å². The second-order valence-electron chi connectivity index (χ2n) is 3.17. The highest BCUT2D eigenvalue weighted by Gasteiger charge is 2.09. The molecule has 0 aliphatic heterocycles. The third-order valence-electron chi connectivity index (χ3n) is 2.01. The molecule has 1 aromatic carbocycles. The summed E-state index contributed by atoms with van der Waals surface area (Å²) in [6, 6.07) is 5.30. The first-order valence-electron chi connectivity index (χ1n) is 5.17. The van der Waals surface area contributed by atoms with Gasteiger partial charge in [0.05, 0.1) is 12.2 Å². The van der Waals surface area contributed by atoms with E-state index in [9.17, 15) is 0 Å². The van der Waals surface area contributed by atoms with Crippen LogP contribution in [-0.4, -0.2) is 30.9 Å². The number of nitrogens with zero attached hydrogens (tertiary/aromatic N) is 1. The minimum atomic E-state index is 0.0118. The van der Waals surface area contributed by atoms with Crippen LogP contribution in [0.1, 0.15) is 12.5 Å². The molecule has 0 fully saturated rings. The van der Waals surface area contributed by atoms with Crippen molar-refractivity contribution < 1.29 is 14.7 Å². The Morgan fingerprint density at radius 3 is 2.88 bits per heavy atom. The van der Waals surface area contributed by atoms with E-state index in [-0.39, 0.29) is 5.84 Å². The molecule has 94 valence electrons. The zero-order valence-electron chi connectivity index (χ0n) is 9.52. The molecule has 0 spiro atoms. The van der Waals surface area contributed by atoms with Gasteiger partial charge in [0.25, 0.3) is 0 Å². The van der Waals surface area contributed by atoms with Gasteiger partial charge in [0, 0.05) is 11.1 Å². The van der Waals surface area contributed by atoms with Crippen LogP contribution in [0.25, 0.3) is 0 Å². The molecule has 0 aromatic heterocycles. The van der Waals surface area contributed by atoms with Gasteiger partial charge in [-0.2, -0.15) is 0 Å². The van der Waals surface area contributed by atoms with Gasteiger partial charge < -0.3 is 20.4 Å². The van der Waals surface area contributed by atoms with Gasteiger partial charge in [-0.1, -0.05) is 21.1 Å². The highest BCUT2D eigenvalue weighted by Crippen LogP contribution is 2.23. The monoisotopic (exact) mass is 302 g/mol. The van der Waals surface area contributed by atoms with Gasteiger partial charge in [0.15, 0.2) is 5.84 Å². The number of ether oxygens (including phenoxy) is 2. The fraction of sp³-hybridized carbons (Fsp3) is 0.364. The summed E-state index contributed by atoms with van der Waals surface area (Å²) >= 11 is 3.31.